The smallest absolute Gasteiger partial charge is 0.313 e. The van der Waals surface area contributed by atoms with E-state index >= 15 is 0 Å². The number of hydrogen-bond donors (Lipinski definition) is 1. The first-order chi connectivity index (χ1) is 9.04. The van der Waals surface area contributed by atoms with Gasteiger partial charge in [-0.2, -0.15) is 0 Å². The molecule has 2 rings (SSSR count). The van der Waals surface area contributed by atoms with Crippen LogP contribution in [0.25, 0.3) is 0 Å². The summed E-state index contributed by atoms with van der Waals surface area (Å²) in [5.41, 5.74) is 1.16. The maximum Gasteiger partial charge on any atom is 0.313 e. The Hall–Kier alpha value is -2.03. The van der Waals surface area contributed by atoms with Gasteiger partial charge in [0.1, 0.15) is 0 Å². The Bertz CT molecular complexity index is 559. The SMILES string of the molecule is Cc1cccn1CCC(C)(C(=O)O)c1ccccc1. The molecule has 1 unspecified atom stereocenters. The first kappa shape index (κ1) is 13.4. The topological polar surface area (TPSA) is 42.2 Å². The third-order valence-corrected chi connectivity index (χ3v) is 3.79. The van der Waals surface area contributed by atoms with Crippen molar-refractivity contribution in [2.24, 2.45) is 0 Å². The summed E-state index contributed by atoms with van der Waals surface area (Å²) in [6.07, 6.45) is 2.56. The van der Waals surface area contributed by atoms with Gasteiger partial charge in [0.15, 0.2) is 0 Å². The Balaban J connectivity index is 2.22. The number of benzene rings is 1. The number of carbonyl (C=O) groups is 1. The van der Waals surface area contributed by atoms with Gasteiger partial charge in [0.25, 0.3) is 0 Å². The molecule has 0 fully saturated rings. The minimum atomic E-state index is -0.849. The number of hydrogen-bond acceptors (Lipinski definition) is 1. The van der Waals surface area contributed by atoms with Crippen LogP contribution in [0.3, 0.4) is 0 Å². The largest absolute Gasteiger partial charge is 0.481 e. The van der Waals surface area contributed by atoms with Crippen molar-refractivity contribution >= 4 is 5.97 Å². The van der Waals surface area contributed by atoms with Gasteiger partial charge in [-0.3, -0.25) is 4.79 Å². The van der Waals surface area contributed by atoms with Crippen LogP contribution in [0.4, 0.5) is 0 Å². The summed E-state index contributed by atoms with van der Waals surface area (Å²) in [5.74, 6) is -0.775. The Morgan fingerprint density at radius 2 is 1.89 bits per heavy atom. The highest BCUT2D eigenvalue weighted by molar-refractivity contribution is 5.80. The maximum absolute atomic E-state index is 11.7. The van der Waals surface area contributed by atoms with Crippen molar-refractivity contribution in [1.29, 1.82) is 0 Å². The van der Waals surface area contributed by atoms with Crippen LogP contribution in [-0.4, -0.2) is 15.6 Å². The molecule has 3 heteroatoms. The Kier molecular flexibility index (Phi) is 3.74. The zero-order chi connectivity index (χ0) is 13.9. The number of aryl methyl sites for hydroxylation is 2. The van der Waals surface area contributed by atoms with E-state index in [2.05, 4.69) is 4.57 Å². The van der Waals surface area contributed by atoms with Crippen molar-refractivity contribution in [3.05, 3.63) is 59.9 Å². The van der Waals surface area contributed by atoms with Crippen molar-refractivity contribution in [1.82, 2.24) is 4.57 Å². The summed E-state index contributed by atoms with van der Waals surface area (Å²) < 4.78 is 2.09. The summed E-state index contributed by atoms with van der Waals surface area (Å²) in [4.78, 5) is 11.7. The van der Waals surface area contributed by atoms with E-state index in [1.165, 1.54) is 0 Å². The maximum atomic E-state index is 11.7. The lowest BCUT2D eigenvalue weighted by atomic mass is 9.79. The van der Waals surface area contributed by atoms with E-state index in [1.807, 2.05) is 55.6 Å². The van der Waals surface area contributed by atoms with Crippen LogP contribution in [0.5, 0.6) is 0 Å². The molecule has 0 saturated heterocycles. The van der Waals surface area contributed by atoms with Crippen molar-refractivity contribution in [2.75, 3.05) is 0 Å². The summed E-state index contributed by atoms with van der Waals surface area (Å²) >= 11 is 0. The fourth-order valence-electron chi connectivity index (χ4n) is 2.28. The molecular weight excluding hydrogens is 238 g/mol. The van der Waals surface area contributed by atoms with E-state index in [4.69, 9.17) is 0 Å². The summed E-state index contributed by atoms with van der Waals surface area (Å²) in [6, 6.07) is 13.5. The average molecular weight is 257 g/mol. The number of nitrogens with zero attached hydrogens (tertiary/aromatic N) is 1. The quantitative estimate of drug-likeness (QED) is 0.893. The number of carboxylic acid groups (broad SMARTS) is 1. The van der Waals surface area contributed by atoms with Crippen LogP contribution in [-0.2, 0) is 16.8 Å². The number of aliphatic carboxylic acids is 1. The Labute approximate surface area is 113 Å². The highest BCUT2D eigenvalue weighted by Gasteiger charge is 2.34. The minimum absolute atomic E-state index is 0.571. The lowest BCUT2D eigenvalue weighted by molar-refractivity contribution is -0.143. The van der Waals surface area contributed by atoms with Crippen LogP contribution in [0.15, 0.2) is 48.7 Å². The van der Waals surface area contributed by atoms with Gasteiger partial charge in [0.2, 0.25) is 0 Å². The molecule has 0 radical (unpaired) electrons. The summed E-state index contributed by atoms with van der Waals surface area (Å²) in [5, 5.41) is 9.57. The molecule has 0 saturated carbocycles. The molecule has 2 aromatic rings. The van der Waals surface area contributed by atoms with Crippen molar-refractivity contribution in [3.8, 4) is 0 Å². The molecule has 0 spiro atoms. The zero-order valence-corrected chi connectivity index (χ0v) is 11.3. The van der Waals surface area contributed by atoms with Gasteiger partial charge in [-0.15, -0.1) is 0 Å². The van der Waals surface area contributed by atoms with Crippen molar-refractivity contribution < 1.29 is 9.90 Å². The molecule has 19 heavy (non-hydrogen) atoms. The monoisotopic (exact) mass is 257 g/mol. The molecule has 0 aliphatic heterocycles. The number of aromatic nitrogens is 1. The standard InChI is InChI=1S/C16H19NO2/c1-13-7-6-11-17(13)12-10-16(2,15(18)19)14-8-4-3-5-9-14/h3-9,11H,10,12H2,1-2H3,(H,18,19). The van der Waals surface area contributed by atoms with Gasteiger partial charge in [-0.1, -0.05) is 30.3 Å². The van der Waals surface area contributed by atoms with Crippen LogP contribution in [0.1, 0.15) is 24.6 Å². The molecular formula is C16H19NO2. The molecule has 100 valence electrons. The zero-order valence-electron chi connectivity index (χ0n) is 11.3. The molecule has 1 heterocycles. The highest BCUT2D eigenvalue weighted by Crippen LogP contribution is 2.28. The van der Waals surface area contributed by atoms with E-state index in [1.54, 1.807) is 6.92 Å². The summed E-state index contributed by atoms with van der Waals surface area (Å²) in [7, 11) is 0. The predicted octanol–water partition coefficient (Wildman–Crippen LogP) is 3.23. The fraction of sp³-hybridized carbons (Fsp3) is 0.312. The molecule has 1 atom stereocenters. The number of rotatable bonds is 5. The van der Waals surface area contributed by atoms with Crippen LogP contribution >= 0.6 is 0 Å². The normalized spacial score (nSPS) is 14.0. The summed E-state index contributed by atoms with van der Waals surface area (Å²) in [6.45, 7) is 4.53. The Morgan fingerprint density at radius 3 is 2.42 bits per heavy atom. The van der Waals surface area contributed by atoms with E-state index in [0.29, 0.717) is 13.0 Å². The molecule has 3 nitrogen and oxygen atoms in total. The molecule has 1 aromatic heterocycles. The highest BCUT2D eigenvalue weighted by atomic mass is 16.4. The number of carboxylic acids is 1. The predicted molar refractivity (Wildman–Crippen MR) is 75.2 cm³/mol. The van der Waals surface area contributed by atoms with Crippen LogP contribution < -0.4 is 0 Å². The minimum Gasteiger partial charge on any atom is -0.481 e. The van der Waals surface area contributed by atoms with Gasteiger partial charge in [0, 0.05) is 18.4 Å². The van der Waals surface area contributed by atoms with Gasteiger partial charge in [-0.25, -0.2) is 0 Å². The van der Waals surface area contributed by atoms with Crippen LogP contribution in [0.2, 0.25) is 0 Å². The fourth-order valence-corrected chi connectivity index (χ4v) is 2.28. The molecule has 0 amide bonds. The lowest BCUT2D eigenvalue weighted by Crippen LogP contribution is -2.33. The van der Waals surface area contributed by atoms with Gasteiger partial charge < -0.3 is 9.67 Å². The second-order valence-corrected chi connectivity index (χ2v) is 5.10. The average Bonchev–Trinajstić information content (AvgIpc) is 2.82. The third-order valence-electron chi connectivity index (χ3n) is 3.79. The van der Waals surface area contributed by atoms with Crippen molar-refractivity contribution in [2.45, 2.75) is 32.2 Å². The third kappa shape index (κ3) is 2.70. The van der Waals surface area contributed by atoms with E-state index in [-0.39, 0.29) is 0 Å². The molecule has 0 aliphatic carbocycles. The second-order valence-electron chi connectivity index (χ2n) is 5.10. The van der Waals surface area contributed by atoms with Gasteiger partial charge in [0.05, 0.1) is 5.41 Å². The first-order valence-electron chi connectivity index (χ1n) is 6.45. The van der Waals surface area contributed by atoms with Gasteiger partial charge in [-0.05, 0) is 38.0 Å². The molecule has 0 aliphatic rings. The Morgan fingerprint density at radius 1 is 1.21 bits per heavy atom. The van der Waals surface area contributed by atoms with Crippen LogP contribution in [0, 0.1) is 6.92 Å². The van der Waals surface area contributed by atoms with E-state index in [0.717, 1.165) is 11.3 Å². The molecule has 1 aromatic carbocycles. The molecule has 1 N–H and O–H groups in total. The first-order valence-corrected chi connectivity index (χ1v) is 6.45. The molecule has 0 bridgehead atoms. The van der Waals surface area contributed by atoms with E-state index < -0.39 is 11.4 Å². The second kappa shape index (κ2) is 5.31. The van der Waals surface area contributed by atoms with Crippen molar-refractivity contribution in [3.63, 3.8) is 0 Å². The van der Waals surface area contributed by atoms with E-state index in [9.17, 15) is 9.90 Å². The lowest BCUT2D eigenvalue weighted by Gasteiger charge is -2.26. The van der Waals surface area contributed by atoms with Gasteiger partial charge >= 0.3 is 5.97 Å².